The van der Waals surface area contributed by atoms with Crippen molar-refractivity contribution in [2.75, 3.05) is 6.61 Å². The lowest BCUT2D eigenvalue weighted by Crippen LogP contribution is -2.32. The van der Waals surface area contributed by atoms with Crippen LogP contribution in [0.1, 0.15) is 22.2 Å². The fraction of sp³-hybridized carbons (Fsp3) is 0.250. The van der Waals surface area contributed by atoms with E-state index in [4.69, 9.17) is 12.2 Å². The highest BCUT2D eigenvalue weighted by molar-refractivity contribution is 7.71. The molecule has 3 N–H and O–H groups in total. The van der Waals surface area contributed by atoms with Gasteiger partial charge in [-0.1, -0.05) is 18.2 Å². The summed E-state index contributed by atoms with van der Waals surface area (Å²) >= 11 is 5.00. The highest BCUT2D eigenvalue weighted by Crippen LogP contribution is 2.10. The third-order valence-electron chi connectivity index (χ3n) is 2.75. The summed E-state index contributed by atoms with van der Waals surface area (Å²) in [5, 5.41) is 18.7. The zero-order valence-electron chi connectivity index (χ0n) is 10.3. The highest BCUT2D eigenvalue weighted by atomic mass is 32.1. The minimum Gasteiger partial charge on any atom is -0.394 e. The van der Waals surface area contributed by atoms with Gasteiger partial charge >= 0.3 is 0 Å². The molecule has 1 aromatic carbocycles. The molecular weight excluding hydrogens is 264 g/mol. The zero-order chi connectivity index (χ0) is 13.8. The smallest absolute Gasteiger partial charge is 0.251 e. The Kier molecular flexibility index (Phi) is 4.08. The molecule has 0 aliphatic rings. The fourth-order valence-corrected chi connectivity index (χ4v) is 1.83. The van der Waals surface area contributed by atoms with Gasteiger partial charge in [0.1, 0.15) is 6.04 Å². The van der Waals surface area contributed by atoms with Crippen LogP contribution in [0.5, 0.6) is 0 Å². The van der Waals surface area contributed by atoms with Crippen LogP contribution in [0.3, 0.4) is 0 Å². The van der Waals surface area contributed by atoms with Crippen LogP contribution in [0, 0.1) is 4.77 Å². The standard InChI is InChI=1S/C12H14N4O2S/c1-16-10(14-15-12(16)19)9(7-17)13-11(18)8-5-3-2-4-6-8/h2-6,9,17H,7H2,1H3,(H,13,18)(H,15,19). The number of aliphatic hydroxyl groups excluding tert-OH is 1. The van der Waals surface area contributed by atoms with Crippen molar-refractivity contribution >= 4 is 18.1 Å². The molecule has 1 unspecified atom stereocenters. The summed E-state index contributed by atoms with van der Waals surface area (Å²) in [6.07, 6.45) is 0. The molecule has 1 atom stereocenters. The van der Waals surface area contributed by atoms with E-state index in [1.165, 1.54) is 0 Å². The number of hydrogen-bond acceptors (Lipinski definition) is 4. The van der Waals surface area contributed by atoms with Gasteiger partial charge < -0.3 is 15.0 Å². The molecule has 6 nitrogen and oxygen atoms in total. The maximum Gasteiger partial charge on any atom is 0.251 e. The minimum atomic E-state index is -0.606. The average Bonchev–Trinajstić information content (AvgIpc) is 2.77. The van der Waals surface area contributed by atoms with E-state index in [9.17, 15) is 9.90 Å². The minimum absolute atomic E-state index is 0.258. The van der Waals surface area contributed by atoms with Gasteiger partial charge in [0.25, 0.3) is 5.91 Å². The number of hydrogen-bond donors (Lipinski definition) is 3. The number of nitrogens with one attached hydrogen (secondary N) is 2. The second-order valence-electron chi connectivity index (χ2n) is 4.02. The molecule has 0 radical (unpaired) electrons. The normalized spacial score (nSPS) is 12.1. The molecule has 2 aromatic rings. The number of rotatable bonds is 4. The van der Waals surface area contributed by atoms with Crippen molar-refractivity contribution < 1.29 is 9.90 Å². The number of carbonyl (C=O) groups is 1. The SMILES string of the molecule is Cn1c(C(CO)NC(=O)c2ccccc2)n[nH]c1=S. The largest absolute Gasteiger partial charge is 0.394 e. The Hall–Kier alpha value is -1.99. The van der Waals surface area contributed by atoms with E-state index in [0.29, 0.717) is 16.2 Å². The van der Waals surface area contributed by atoms with Gasteiger partial charge in [-0.25, -0.2) is 0 Å². The summed E-state index contributed by atoms with van der Waals surface area (Å²) in [4.78, 5) is 12.0. The summed E-state index contributed by atoms with van der Waals surface area (Å²) < 4.78 is 2.05. The fourth-order valence-electron chi connectivity index (χ4n) is 1.69. The van der Waals surface area contributed by atoms with Crippen LogP contribution < -0.4 is 5.32 Å². The zero-order valence-corrected chi connectivity index (χ0v) is 11.1. The van der Waals surface area contributed by atoms with Crippen molar-refractivity contribution in [3.8, 4) is 0 Å². The van der Waals surface area contributed by atoms with Gasteiger partial charge in [-0.15, -0.1) is 0 Å². The van der Waals surface area contributed by atoms with Crippen molar-refractivity contribution in [1.82, 2.24) is 20.1 Å². The number of aliphatic hydroxyl groups is 1. The van der Waals surface area contributed by atoms with Crippen LogP contribution in [0.15, 0.2) is 30.3 Å². The quantitative estimate of drug-likeness (QED) is 0.727. The number of aromatic amines is 1. The maximum atomic E-state index is 12.0. The number of carbonyl (C=O) groups excluding carboxylic acids is 1. The van der Waals surface area contributed by atoms with Gasteiger partial charge in [0.15, 0.2) is 10.6 Å². The van der Waals surface area contributed by atoms with Gasteiger partial charge in [0.05, 0.1) is 6.61 Å². The van der Waals surface area contributed by atoms with Gasteiger partial charge in [0.2, 0.25) is 0 Å². The Morgan fingerprint density at radius 2 is 2.21 bits per heavy atom. The van der Waals surface area contributed by atoms with E-state index >= 15 is 0 Å². The van der Waals surface area contributed by atoms with Gasteiger partial charge in [-0.2, -0.15) is 5.10 Å². The van der Waals surface area contributed by atoms with Crippen LogP contribution in [0.2, 0.25) is 0 Å². The Bertz CT molecular complexity index is 620. The first-order chi connectivity index (χ1) is 9.13. The number of amides is 1. The maximum absolute atomic E-state index is 12.0. The second-order valence-corrected chi connectivity index (χ2v) is 4.41. The molecule has 19 heavy (non-hydrogen) atoms. The van der Waals surface area contributed by atoms with E-state index in [2.05, 4.69) is 15.5 Å². The lowest BCUT2D eigenvalue weighted by atomic mass is 10.2. The summed E-state index contributed by atoms with van der Waals surface area (Å²) in [7, 11) is 1.72. The Morgan fingerprint density at radius 1 is 1.53 bits per heavy atom. The molecule has 0 fully saturated rings. The first-order valence-corrected chi connectivity index (χ1v) is 6.12. The van der Waals surface area contributed by atoms with Gasteiger partial charge in [0, 0.05) is 12.6 Å². The lowest BCUT2D eigenvalue weighted by molar-refractivity contribution is 0.0912. The lowest BCUT2D eigenvalue weighted by Gasteiger charge is -2.15. The summed E-state index contributed by atoms with van der Waals surface area (Å²) in [5.41, 5.74) is 0.526. The predicted molar refractivity (Wildman–Crippen MR) is 72.1 cm³/mol. The van der Waals surface area contributed by atoms with Crippen LogP contribution >= 0.6 is 12.2 Å². The van der Waals surface area contributed by atoms with Crippen LogP contribution in [0.25, 0.3) is 0 Å². The topological polar surface area (TPSA) is 82.9 Å². The van der Waals surface area contributed by atoms with Gasteiger partial charge in [-0.05, 0) is 24.4 Å². The number of benzene rings is 1. The van der Waals surface area contributed by atoms with Crippen molar-refractivity contribution in [1.29, 1.82) is 0 Å². The van der Waals surface area contributed by atoms with Crippen molar-refractivity contribution in [3.63, 3.8) is 0 Å². The van der Waals surface area contributed by atoms with E-state index in [1.807, 2.05) is 6.07 Å². The summed E-state index contributed by atoms with van der Waals surface area (Å²) in [5.74, 6) is 0.213. The average molecular weight is 278 g/mol. The van der Waals surface area contributed by atoms with Crippen LogP contribution in [0.4, 0.5) is 0 Å². The molecule has 0 saturated carbocycles. The molecule has 1 heterocycles. The monoisotopic (exact) mass is 278 g/mol. The molecule has 0 aliphatic carbocycles. The predicted octanol–water partition coefficient (Wildman–Crippen LogP) is 0.941. The van der Waals surface area contributed by atoms with E-state index in [-0.39, 0.29) is 12.5 Å². The Morgan fingerprint density at radius 3 is 2.74 bits per heavy atom. The number of aromatic nitrogens is 3. The molecule has 100 valence electrons. The van der Waals surface area contributed by atoms with Crippen molar-refractivity contribution in [2.24, 2.45) is 7.05 Å². The summed E-state index contributed by atoms with van der Waals surface area (Å²) in [6.45, 7) is -0.258. The molecule has 0 aliphatic heterocycles. The molecule has 1 aromatic heterocycles. The Labute approximate surface area is 115 Å². The Balaban J connectivity index is 2.19. The first-order valence-electron chi connectivity index (χ1n) is 5.71. The number of H-pyrrole nitrogens is 1. The molecule has 2 rings (SSSR count). The van der Waals surface area contributed by atoms with E-state index in [0.717, 1.165) is 0 Å². The number of nitrogens with zero attached hydrogens (tertiary/aromatic N) is 2. The molecule has 0 bridgehead atoms. The summed E-state index contributed by atoms with van der Waals surface area (Å²) in [6, 6.07) is 8.18. The third-order valence-corrected chi connectivity index (χ3v) is 3.12. The molecule has 0 spiro atoms. The second kappa shape index (κ2) is 5.77. The van der Waals surface area contributed by atoms with Crippen molar-refractivity contribution in [3.05, 3.63) is 46.5 Å². The van der Waals surface area contributed by atoms with Gasteiger partial charge in [-0.3, -0.25) is 9.89 Å². The molecule has 0 saturated heterocycles. The molecule has 1 amide bonds. The third kappa shape index (κ3) is 2.88. The molecule has 7 heteroatoms. The van der Waals surface area contributed by atoms with Crippen LogP contribution in [-0.2, 0) is 7.05 Å². The van der Waals surface area contributed by atoms with E-state index < -0.39 is 6.04 Å². The van der Waals surface area contributed by atoms with E-state index in [1.54, 1.807) is 35.9 Å². The van der Waals surface area contributed by atoms with Crippen LogP contribution in [-0.4, -0.2) is 32.4 Å². The first kappa shape index (κ1) is 13.4. The molecular formula is C12H14N4O2S. The van der Waals surface area contributed by atoms with Crippen molar-refractivity contribution in [2.45, 2.75) is 6.04 Å². The highest BCUT2D eigenvalue weighted by Gasteiger charge is 2.19.